The highest BCUT2D eigenvalue weighted by atomic mass is 16.2. The van der Waals surface area contributed by atoms with Gasteiger partial charge < -0.3 is 20.4 Å². The molecule has 3 heterocycles. The van der Waals surface area contributed by atoms with Crippen molar-refractivity contribution in [3.8, 4) is 0 Å². The largest absolute Gasteiger partial charge is 0.335 e. The molecular formula is C19H26N8O2. The number of nitrogens with one attached hydrogen (secondary N) is 2. The first-order chi connectivity index (χ1) is 14.0. The molecule has 0 radical (unpaired) electrons. The highest BCUT2D eigenvalue weighted by molar-refractivity contribution is 5.95. The van der Waals surface area contributed by atoms with E-state index in [4.69, 9.17) is 0 Å². The Labute approximate surface area is 169 Å². The van der Waals surface area contributed by atoms with Crippen LogP contribution < -0.4 is 10.6 Å². The van der Waals surface area contributed by atoms with Crippen molar-refractivity contribution in [3.05, 3.63) is 35.4 Å². The van der Waals surface area contributed by atoms with E-state index >= 15 is 0 Å². The molecule has 29 heavy (non-hydrogen) atoms. The van der Waals surface area contributed by atoms with Crippen molar-refractivity contribution in [2.75, 3.05) is 38.5 Å². The summed E-state index contributed by atoms with van der Waals surface area (Å²) in [6.45, 7) is 3.06. The van der Waals surface area contributed by atoms with Crippen LogP contribution in [0.25, 0.3) is 0 Å². The number of carbonyl (C=O) groups excluding carboxylic acids is 2. The van der Waals surface area contributed by atoms with Crippen LogP contribution in [-0.2, 0) is 19.9 Å². The van der Waals surface area contributed by atoms with Crippen molar-refractivity contribution in [1.29, 1.82) is 0 Å². The third kappa shape index (κ3) is 4.37. The molecule has 2 aromatic rings. The summed E-state index contributed by atoms with van der Waals surface area (Å²) in [5.41, 5.74) is 2.96. The Balaban J connectivity index is 1.34. The van der Waals surface area contributed by atoms with Crippen LogP contribution in [0, 0.1) is 0 Å². The second-order valence-corrected chi connectivity index (χ2v) is 7.67. The summed E-state index contributed by atoms with van der Waals surface area (Å²) >= 11 is 0. The molecule has 1 aliphatic heterocycles. The Hall–Kier alpha value is -3.01. The van der Waals surface area contributed by atoms with Gasteiger partial charge in [0.1, 0.15) is 5.69 Å². The molecule has 1 atom stereocenters. The van der Waals surface area contributed by atoms with Gasteiger partial charge in [-0.05, 0) is 32.0 Å². The van der Waals surface area contributed by atoms with Crippen LogP contribution in [0.3, 0.4) is 0 Å². The van der Waals surface area contributed by atoms with Crippen molar-refractivity contribution < 1.29 is 9.59 Å². The second kappa shape index (κ2) is 8.16. The fraction of sp³-hybridized carbons (Fsp3) is 0.526. The lowest BCUT2D eigenvalue weighted by Crippen LogP contribution is -2.47. The zero-order valence-corrected chi connectivity index (χ0v) is 16.8. The van der Waals surface area contributed by atoms with Gasteiger partial charge >= 0.3 is 6.03 Å². The first-order valence-corrected chi connectivity index (χ1v) is 9.88. The number of hydrogen-bond acceptors (Lipinski definition) is 6. The van der Waals surface area contributed by atoms with E-state index < -0.39 is 0 Å². The van der Waals surface area contributed by atoms with E-state index in [9.17, 15) is 9.59 Å². The van der Waals surface area contributed by atoms with Crippen molar-refractivity contribution in [1.82, 2.24) is 35.1 Å². The third-order valence-electron chi connectivity index (χ3n) is 5.56. The second-order valence-electron chi connectivity index (χ2n) is 7.67. The SMILES string of the molecule is CN1CCN(C(=O)c2cc(NC(=O)NC3CCc4c(nnn4C)C3)ccn2)CC1. The summed E-state index contributed by atoms with van der Waals surface area (Å²) in [6, 6.07) is 3.02. The van der Waals surface area contributed by atoms with Gasteiger partial charge in [-0.3, -0.25) is 14.5 Å². The lowest BCUT2D eigenvalue weighted by molar-refractivity contribution is 0.0658. The molecule has 1 saturated heterocycles. The van der Waals surface area contributed by atoms with Crippen LogP contribution in [0.5, 0.6) is 0 Å². The number of nitrogens with zero attached hydrogens (tertiary/aromatic N) is 6. The summed E-state index contributed by atoms with van der Waals surface area (Å²) in [6.07, 6.45) is 3.89. The highest BCUT2D eigenvalue weighted by Crippen LogP contribution is 2.19. The standard InChI is InChI=1S/C19H26N8O2/c1-25-7-9-27(10-8-25)18(28)16-12-14(5-6-20-16)22-19(29)21-13-3-4-17-15(11-13)23-24-26(17)2/h5-6,12-13H,3-4,7-11H2,1-2H3,(H2,20,21,22,29). The van der Waals surface area contributed by atoms with Gasteiger partial charge in [-0.25, -0.2) is 4.79 Å². The summed E-state index contributed by atoms with van der Waals surface area (Å²) < 4.78 is 1.79. The average Bonchev–Trinajstić information content (AvgIpc) is 3.08. The normalized spacial score (nSPS) is 19.5. The topological polar surface area (TPSA) is 108 Å². The first-order valence-electron chi connectivity index (χ1n) is 9.88. The smallest absolute Gasteiger partial charge is 0.319 e. The molecule has 2 N–H and O–H groups in total. The van der Waals surface area contributed by atoms with Crippen LogP contribution >= 0.6 is 0 Å². The molecule has 0 saturated carbocycles. The molecule has 4 rings (SSSR count). The van der Waals surface area contributed by atoms with Crippen molar-refractivity contribution in [3.63, 3.8) is 0 Å². The average molecular weight is 398 g/mol. The van der Waals surface area contributed by atoms with E-state index in [1.54, 1.807) is 27.9 Å². The van der Waals surface area contributed by atoms with E-state index in [1.807, 2.05) is 14.1 Å². The Morgan fingerprint density at radius 3 is 2.76 bits per heavy atom. The van der Waals surface area contributed by atoms with Gasteiger partial charge in [0.25, 0.3) is 5.91 Å². The molecule has 1 unspecified atom stereocenters. The van der Waals surface area contributed by atoms with Crippen molar-refractivity contribution >= 4 is 17.6 Å². The zero-order valence-electron chi connectivity index (χ0n) is 16.8. The Bertz CT molecular complexity index is 903. The highest BCUT2D eigenvalue weighted by Gasteiger charge is 2.25. The number of carbonyl (C=O) groups is 2. The molecule has 0 spiro atoms. The molecule has 2 aliphatic rings. The summed E-state index contributed by atoms with van der Waals surface area (Å²) in [4.78, 5) is 33.3. The lowest BCUT2D eigenvalue weighted by atomic mass is 9.96. The lowest BCUT2D eigenvalue weighted by Gasteiger charge is -2.32. The monoisotopic (exact) mass is 398 g/mol. The van der Waals surface area contributed by atoms with E-state index in [0.29, 0.717) is 30.9 Å². The maximum absolute atomic E-state index is 12.7. The minimum atomic E-state index is -0.300. The number of likely N-dealkylation sites (N-methyl/N-ethyl adjacent to an activating group) is 1. The number of anilines is 1. The zero-order chi connectivity index (χ0) is 20.4. The molecule has 1 fully saturated rings. The van der Waals surface area contributed by atoms with Gasteiger partial charge in [0, 0.05) is 57.6 Å². The number of urea groups is 1. The minimum absolute atomic E-state index is 0.00693. The number of amides is 3. The maximum atomic E-state index is 12.7. The first kappa shape index (κ1) is 19.3. The van der Waals surface area contributed by atoms with Gasteiger partial charge in [-0.2, -0.15) is 0 Å². The molecule has 10 nitrogen and oxygen atoms in total. The fourth-order valence-corrected chi connectivity index (χ4v) is 3.80. The molecule has 0 bridgehead atoms. The summed E-state index contributed by atoms with van der Waals surface area (Å²) in [7, 11) is 3.93. The molecule has 2 aromatic heterocycles. The predicted octanol–water partition coefficient (Wildman–Crippen LogP) is 0.277. The van der Waals surface area contributed by atoms with Gasteiger partial charge in [0.2, 0.25) is 0 Å². The summed E-state index contributed by atoms with van der Waals surface area (Å²) in [5.74, 6) is -0.107. The van der Waals surface area contributed by atoms with E-state index in [1.165, 1.54) is 0 Å². The molecule has 10 heteroatoms. The van der Waals surface area contributed by atoms with Crippen LogP contribution in [0.15, 0.2) is 18.3 Å². The molecule has 1 aliphatic carbocycles. The Kier molecular flexibility index (Phi) is 5.43. The van der Waals surface area contributed by atoms with Gasteiger partial charge in [0.05, 0.1) is 11.4 Å². The Morgan fingerprint density at radius 2 is 1.97 bits per heavy atom. The Morgan fingerprint density at radius 1 is 1.17 bits per heavy atom. The summed E-state index contributed by atoms with van der Waals surface area (Å²) in [5, 5.41) is 14.0. The minimum Gasteiger partial charge on any atom is -0.335 e. The number of fused-ring (bicyclic) bond motifs is 1. The number of piperazine rings is 1. The number of hydrogen-bond donors (Lipinski definition) is 2. The number of aromatic nitrogens is 4. The number of pyridine rings is 1. The van der Waals surface area contributed by atoms with E-state index in [-0.39, 0.29) is 18.0 Å². The number of aryl methyl sites for hydroxylation is 1. The molecule has 3 amide bonds. The van der Waals surface area contributed by atoms with Crippen LogP contribution in [0.1, 0.15) is 28.3 Å². The maximum Gasteiger partial charge on any atom is 0.319 e. The van der Waals surface area contributed by atoms with Crippen LogP contribution in [-0.4, -0.2) is 81.0 Å². The van der Waals surface area contributed by atoms with E-state index in [2.05, 4.69) is 30.8 Å². The molecule has 0 aromatic carbocycles. The van der Waals surface area contributed by atoms with Crippen LogP contribution in [0.4, 0.5) is 10.5 Å². The molecular weight excluding hydrogens is 372 g/mol. The van der Waals surface area contributed by atoms with Gasteiger partial charge in [0.15, 0.2) is 0 Å². The molecule has 154 valence electrons. The van der Waals surface area contributed by atoms with Gasteiger partial charge in [-0.15, -0.1) is 5.10 Å². The van der Waals surface area contributed by atoms with Gasteiger partial charge in [-0.1, -0.05) is 5.21 Å². The number of rotatable bonds is 3. The van der Waals surface area contributed by atoms with E-state index in [0.717, 1.165) is 37.3 Å². The predicted molar refractivity (Wildman–Crippen MR) is 107 cm³/mol. The fourth-order valence-electron chi connectivity index (χ4n) is 3.80. The van der Waals surface area contributed by atoms with Crippen LogP contribution in [0.2, 0.25) is 0 Å². The van der Waals surface area contributed by atoms with Crippen molar-refractivity contribution in [2.24, 2.45) is 7.05 Å². The van der Waals surface area contributed by atoms with Crippen molar-refractivity contribution in [2.45, 2.75) is 25.3 Å². The third-order valence-corrected chi connectivity index (χ3v) is 5.56. The quantitative estimate of drug-likeness (QED) is 0.769.